The van der Waals surface area contributed by atoms with E-state index in [1.54, 1.807) is 6.08 Å². The minimum absolute atomic E-state index is 0.0273. The monoisotopic (exact) mass is 583 g/mol. The summed E-state index contributed by atoms with van der Waals surface area (Å²) in [5.41, 5.74) is 2.00. The Morgan fingerprint density at radius 2 is 1.89 bits per heavy atom. The van der Waals surface area contributed by atoms with Crippen LogP contribution < -0.4 is 16.0 Å². The number of rotatable bonds is 17. The molecule has 5 atom stereocenters. The van der Waals surface area contributed by atoms with Crippen LogP contribution >= 0.6 is 27.4 Å². The molecule has 212 valence electrons. The van der Waals surface area contributed by atoms with E-state index < -0.39 is 15.6 Å². The summed E-state index contributed by atoms with van der Waals surface area (Å²) in [6, 6.07) is 0.355. The predicted molar refractivity (Wildman–Crippen MR) is 142 cm³/mol. The summed E-state index contributed by atoms with van der Waals surface area (Å²) in [6.45, 7) is 4.18. The van der Waals surface area contributed by atoms with E-state index in [4.69, 9.17) is 4.52 Å². The maximum absolute atomic E-state index is 12.2. The van der Waals surface area contributed by atoms with Gasteiger partial charge >= 0.3 is 21.7 Å². The van der Waals surface area contributed by atoms with E-state index >= 15 is 0 Å². The van der Waals surface area contributed by atoms with Crippen molar-refractivity contribution in [1.82, 2.24) is 16.0 Å². The topological polar surface area (TPSA) is 162 Å². The van der Waals surface area contributed by atoms with Crippen LogP contribution in [0.25, 0.3) is 0 Å². The number of amides is 3. The number of phosphoric acid groups is 2. The molecule has 37 heavy (non-hydrogen) atoms. The lowest BCUT2D eigenvalue weighted by atomic mass is 10.0. The van der Waals surface area contributed by atoms with Gasteiger partial charge in [0.2, 0.25) is 5.91 Å². The van der Waals surface area contributed by atoms with Crippen LogP contribution in [0.1, 0.15) is 52.4 Å². The van der Waals surface area contributed by atoms with Crippen LogP contribution in [-0.2, 0) is 31.8 Å². The molecule has 0 aromatic rings. The Kier molecular flexibility index (Phi) is 13.4. The molecule has 2 saturated heterocycles. The van der Waals surface area contributed by atoms with Gasteiger partial charge in [0.1, 0.15) is 0 Å². The summed E-state index contributed by atoms with van der Waals surface area (Å²) in [5.74, 6) is 0.969. The Balaban J connectivity index is 1.58. The lowest BCUT2D eigenvalue weighted by Crippen LogP contribution is -2.36. The molecule has 0 spiro atoms. The van der Waals surface area contributed by atoms with Gasteiger partial charge in [-0.15, -0.1) is 0 Å². The molecule has 4 N–H and O–H groups in total. The predicted octanol–water partition coefficient (Wildman–Crippen LogP) is 4.04. The van der Waals surface area contributed by atoms with E-state index in [1.807, 2.05) is 31.7 Å². The van der Waals surface area contributed by atoms with Gasteiger partial charge < -0.3 is 20.8 Å². The van der Waals surface area contributed by atoms with Gasteiger partial charge in [-0.05, 0) is 39.5 Å². The van der Waals surface area contributed by atoms with Crippen LogP contribution in [0.2, 0.25) is 0 Å². The molecular formula is C22H39N3O9P2S. The highest BCUT2D eigenvalue weighted by molar-refractivity contribution is 8.00. The molecule has 2 heterocycles. The average Bonchev–Trinajstić information content (AvgIpc) is 3.39. The first kappa shape index (κ1) is 32.0. The van der Waals surface area contributed by atoms with Crippen molar-refractivity contribution in [3.63, 3.8) is 0 Å². The SMILES string of the molecule is COP(=O)(O)OP(=O)(OC)OC/C=C(\C)CC/C=C(\C)CNC(=O)CCCC[C@@H]1SC[C@@H]2NC(=O)N[C@@H]21. The quantitative estimate of drug-likeness (QED) is 0.0851. The van der Waals surface area contributed by atoms with Crippen LogP contribution in [-0.4, -0.2) is 67.3 Å². The lowest BCUT2D eigenvalue weighted by molar-refractivity contribution is -0.121. The molecule has 2 aliphatic rings. The highest BCUT2D eigenvalue weighted by atomic mass is 32.2. The Labute approximate surface area is 222 Å². The number of unbranched alkanes of at least 4 members (excludes halogenated alkanes) is 1. The Bertz CT molecular complexity index is 946. The van der Waals surface area contributed by atoms with Crippen molar-refractivity contribution < 1.29 is 41.5 Å². The normalized spacial score (nSPS) is 25.1. The number of carbonyl (C=O) groups is 2. The second kappa shape index (κ2) is 15.4. The summed E-state index contributed by atoms with van der Waals surface area (Å²) in [7, 11) is -6.77. The minimum atomic E-state index is -4.52. The van der Waals surface area contributed by atoms with Gasteiger partial charge in [0.25, 0.3) is 0 Å². The van der Waals surface area contributed by atoms with E-state index in [2.05, 4.69) is 29.3 Å². The van der Waals surface area contributed by atoms with Crippen molar-refractivity contribution in [3.8, 4) is 0 Å². The highest BCUT2D eigenvalue weighted by Crippen LogP contribution is 2.62. The maximum Gasteiger partial charge on any atom is 0.483 e. The van der Waals surface area contributed by atoms with Crippen LogP contribution in [0.15, 0.2) is 23.3 Å². The molecule has 2 aliphatic heterocycles. The highest BCUT2D eigenvalue weighted by Gasteiger charge is 2.42. The molecule has 2 fully saturated rings. The number of thioether (sulfide) groups is 1. The largest absolute Gasteiger partial charge is 0.483 e. The number of fused-ring (bicyclic) bond motifs is 1. The molecule has 15 heteroatoms. The maximum atomic E-state index is 12.2. The van der Waals surface area contributed by atoms with Crippen molar-refractivity contribution in [2.24, 2.45) is 0 Å². The van der Waals surface area contributed by atoms with Crippen LogP contribution in [0.5, 0.6) is 0 Å². The fourth-order valence-electron chi connectivity index (χ4n) is 3.86. The molecule has 0 aliphatic carbocycles. The first-order valence-electron chi connectivity index (χ1n) is 12.1. The fraction of sp³-hybridized carbons (Fsp3) is 0.727. The number of allylic oxidation sites excluding steroid dienone is 2. The molecule has 3 amide bonds. The van der Waals surface area contributed by atoms with Crippen LogP contribution in [0.4, 0.5) is 4.79 Å². The van der Waals surface area contributed by atoms with Crippen LogP contribution in [0, 0.1) is 0 Å². The van der Waals surface area contributed by atoms with Crippen molar-refractivity contribution >= 4 is 39.3 Å². The van der Waals surface area contributed by atoms with E-state index in [0.717, 1.165) is 56.8 Å². The number of nitrogens with one attached hydrogen (secondary N) is 3. The van der Waals surface area contributed by atoms with Gasteiger partial charge in [0.05, 0.1) is 18.7 Å². The third-order valence-electron chi connectivity index (χ3n) is 6.00. The smallest absolute Gasteiger partial charge is 0.352 e. The zero-order valence-corrected chi connectivity index (χ0v) is 24.4. The third kappa shape index (κ3) is 11.6. The van der Waals surface area contributed by atoms with Gasteiger partial charge in [-0.2, -0.15) is 16.1 Å². The third-order valence-corrected chi connectivity index (χ3v) is 10.5. The number of urea groups is 1. The molecule has 12 nitrogen and oxygen atoms in total. The van der Waals surface area contributed by atoms with Gasteiger partial charge in [-0.1, -0.05) is 29.7 Å². The molecule has 0 radical (unpaired) electrons. The number of phosphoric ester groups is 2. The summed E-state index contributed by atoms with van der Waals surface area (Å²) in [6.07, 6.45) is 8.41. The molecule has 0 aromatic carbocycles. The summed E-state index contributed by atoms with van der Waals surface area (Å²) in [4.78, 5) is 32.9. The second-order valence-electron chi connectivity index (χ2n) is 8.94. The molecule has 2 unspecified atom stereocenters. The molecule has 0 bridgehead atoms. The second-order valence-corrected chi connectivity index (χ2v) is 13.7. The first-order valence-corrected chi connectivity index (χ1v) is 16.1. The number of carbonyl (C=O) groups excluding carboxylic acids is 2. The van der Waals surface area contributed by atoms with E-state index in [1.165, 1.54) is 0 Å². The van der Waals surface area contributed by atoms with Gasteiger partial charge in [0, 0.05) is 38.2 Å². The zero-order valence-electron chi connectivity index (χ0n) is 21.8. The summed E-state index contributed by atoms with van der Waals surface area (Å²) < 4.78 is 41.9. The first-order chi connectivity index (χ1) is 17.5. The Morgan fingerprint density at radius 3 is 2.59 bits per heavy atom. The summed E-state index contributed by atoms with van der Waals surface area (Å²) in [5, 5.41) is 9.29. The van der Waals surface area contributed by atoms with E-state index in [9.17, 15) is 23.6 Å². The average molecular weight is 584 g/mol. The van der Waals surface area contributed by atoms with E-state index in [-0.39, 0.29) is 30.6 Å². The van der Waals surface area contributed by atoms with Crippen molar-refractivity contribution in [2.45, 2.75) is 69.7 Å². The molecular weight excluding hydrogens is 544 g/mol. The number of hydrogen-bond acceptors (Lipinski definition) is 9. The van der Waals surface area contributed by atoms with Gasteiger partial charge in [-0.3, -0.25) is 18.4 Å². The molecule has 0 saturated carbocycles. The Morgan fingerprint density at radius 1 is 1.14 bits per heavy atom. The summed E-state index contributed by atoms with van der Waals surface area (Å²) >= 11 is 1.88. The standard InChI is InChI=1S/C22H39N3O9P2S/c1-16(12-13-33-36(30,32-4)34-35(28,29)31-3)8-7-9-17(2)14-23-20(26)11-6-5-10-19-21-18(15-37-19)24-22(27)25-21/h9,12,18-19,21H,5-8,10-11,13-15H2,1-4H3,(H,23,26)(H,28,29)(H2,24,25,27)/b16-12+,17-9+/t18-,19-,21-,36?/m0/s1. The number of hydrogen-bond donors (Lipinski definition) is 4. The molecule has 2 rings (SSSR count). The fourth-order valence-corrected chi connectivity index (χ4v) is 7.50. The van der Waals surface area contributed by atoms with Crippen molar-refractivity contribution in [3.05, 3.63) is 23.3 Å². The van der Waals surface area contributed by atoms with Crippen LogP contribution in [0.3, 0.4) is 0 Å². The van der Waals surface area contributed by atoms with Crippen molar-refractivity contribution in [2.75, 3.05) is 33.1 Å². The zero-order chi connectivity index (χ0) is 27.5. The van der Waals surface area contributed by atoms with Gasteiger partial charge in [0.15, 0.2) is 0 Å². The van der Waals surface area contributed by atoms with E-state index in [0.29, 0.717) is 24.6 Å². The van der Waals surface area contributed by atoms with Gasteiger partial charge in [-0.25, -0.2) is 13.9 Å². The Hall–Kier alpha value is -1.17. The molecule has 0 aromatic heterocycles. The van der Waals surface area contributed by atoms with Crippen molar-refractivity contribution in [1.29, 1.82) is 0 Å². The lowest BCUT2D eigenvalue weighted by Gasteiger charge is -2.17. The minimum Gasteiger partial charge on any atom is -0.352 e.